The summed E-state index contributed by atoms with van der Waals surface area (Å²) in [6, 6.07) is 18.5. The van der Waals surface area contributed by atoms with Crippen LogP contribution in [-0.4, -0.2) is 55.3 Å². The lowest BCUT2D eigenvalue weighted by Gasteiger charge is -2.31. The first kappa shape index (κ1) is 26.7. The Balaban J connectivity index is 1.29. The van der Waals surface area contributed by atoms with Crippen molar-refractivity contribution in [3.05, 3.63) is 94.0 Å². The fourth-order valence-electron chi connectivity index (χ4n) is 5.25. The standard InChI is InChI=1S/C31H28N4O5S/c36-18-4-7-26(38)34-16-13-20(14-17-34)19-25(37)29-28-27-24(12-15-32-30(27)41-29)35(31(39)33-28)21-8-10-23(11-9-21)40-22-5-2-1-3-6-22/h1-12,15,20,36-37H,13-14,16-19H2/b7-4+,29-25?. The quantitative estimate of drug-likeness (QED) is 0.280. The minimum absolute atomic E-state index is 0.113. The molecule has 1 aliphatic rings. The molecule has 208 valence electrons. The molecule has 41 heavy (non-hydrogen) atoms. The molecule has 3 aromatic heterocycles. The van der Waals surface area contributed by atoms with Gasteiger partial charge in [0.05, 0.1) is 27.7 Å². The van der Waals surface area contributed by atoms with Crippen LogP contribution in [0, 0.1) is 5.92 Å². The largest absolute Gasteiger partial charge is 0.511 e. The number of benzene rings is 2. The number of amides is 1. The average Bonchev–Trinajstić information content (AvgIpc) is 3.37. The van der Waals surface area contributed by atoms with Crippen molar-refractivity contribution >= 4 is 44.3 Å². The van der Waals surface area contributed by atoms with Gasteiger partial charge in [-0.2, -0.15) is 4.98 Å². The van der Waals surface area contributed by atoms with Gasteiger partial charge in [-0.1, -0.05) is 24.3 Å². The number of ether oxygens (including phenoxy) is 1. The molecule has 1 aliphatic heterocycles. The van der Waals surface area contributed by atoms with Crippen molar-refractivity contribution in [1.82, 2.24) is 19.4 Å². The number of aliphatic hydroxyl groups is 2. The van der Waals surface area contributed by atoms with Crippen LogP contribution in [0.15, 0.2) is 83.8 Å². The van der Waals surface area contributed by atoms with E-state index in [2.05, 4.69) is 9.97 Å². The number of pyridine rings is 1. The Morgan fingerprint density at radius 2 is 1.78 bits per heavy atom. The van der Waals surface area contributed by atoms with Crippen LogP contribution in [0.3, 0.4) is 0 Å². The maximum atomic E-state index is 13.4. The van der Waals surface area contributed by atoms with Crippen LogP contribution in [-0.2, 0) is 4.79 Å². The number of thiophene rings is 1. The van der Waals surface area contributed by atoms with E-state index in [1.807, 2.05) is 54.6 Å². The van der Waals surface area contributed by atoms with Crippen molar-refractivity contribution in [3.63, 3.8) is 0 Å². The van der Waals surface area contributed by atoms with E-state index in [0.717, 1.165) is 24.0 Å². The number of carbonyl (C=O) groups excluding carboxylic acids is 1. The summed E-state index contributed by atoms with van der Waals surface area (Å²) in [5.41, 5.74) is 1.32. The van der Waals surface area contributed by atoms with Gasteiger partial charge in [-0.25, -0.2) is 9.78 Å². The molecule has 0 spiro atoms. The molecular formula is C31H28N4O5S. The predicted molar refractivity (Wildman–Crippen MR) is 158 cm³/mol. The van der Waals surface area contributed by atoms with Crippen molar-refractivity contribution in [2.45, 2.75) is 19.3 Å². The highest BCUT2D eigenvalue weighted by molar-refractivity contribution is 7.17. The SMILES string of the molecule is O=C(/C=C/CO)N1CCC(CC(O)=c2sc3nccc4c3c2nc(=O)n4-c2ccc(Oc3ccccc3)cc2)CC1. The van der Waals surface area contributed by atoms with Gasteiger partial charge in [-0.05, 0) is 61.2 Å². The second-order valence-electron chi connectivity index (χ2n) is 9.93. The van der Waals surface area contributed by atoms with Crippen molar-refractivity contribution in [2.75, 3.05) is 19.7 Å². The van der Waals surface area contributed by atoms with E-state index < -0.39 is 5.69 Å². The van der Waals surface area contributed by atoms with Crippen LogP contribution in [0.1, 0.15) is 19.3 Å². The third-order valence-electron chi connectivity index (χ3n) is 7.29. The second kappa shape index (κ2) is 11.5. The van der Waals surface area contributed by atoms with Gasteiger partial charge in [-0.15, -0.1) is 11.3 Å². The zero-order valence-corrected chi connectivity index (χ0v) is 23.0. The number of hydrogen-bond donors (Lipinski definition) is 2. The Kier molecular flexibility index (Phi) is 7.49. The molecular weight excluding hydrogens is 540 g/mol. The highest BCUT2D eigenvalue weighted by Gasteiger charge is 2.24. The van der Waals surface area contributed by atoms with E-state index in [1.54, 1.807) is 21.7 Å². The number of aromatic nitrogens is 3. The zero-order valence-electron chi connectivity index (χ0n) is 22.1. The number of hydrogen-bond acceptors (Lipinski definition) is 8. The third kappa shape index (κ3) is 5.44. The number of likely N-dealkylation sites (tertiary alicyclic amines) is 1. The maximum Gasteiger partial charge on any atom is 0.353 e. The van der Waals surface area contributed by atoms with Crippen molar-refractivity contribution in [3.8, 4) is 17.2 Å². The molecule has 6 rings (SSSR count). The summed E-state index contributed by atoms with van der Waals surface area (Å²) >= 11 is 1.33. The molecule has 4 heterocycles. The Labute approximate surface area is 239 Å². The van der Waals surface area contributed by atoms with E-state index in [-0.39, 0.29) is 24.2 Å². The second-order valence-corrected chi connectivity index (χ2v) is 10.9. The molecule has 0 saturated carbocycles. The molecule has 1 saturated heterocycles. The van der Waals surface area contributed by atoms with E-state index >= 15 is 0 Å². The number of para-hydroxylation sites is 1. The third-order valence-corrected chi connectivity index (χ3v) is 8.43. The van der Waals surface area contributed by atoms with Gasteiger partial charge in [0.25, 0.3) is 0 Å². The van der Waals surface area contributed by atoms with Gasteiger partial charge in [-0.3, -0.25) is 9.36 Å². The molecule has 0 bridgehead atoms. The highest BCUT2D eigenvalue weighted by atomic mass is 32.1. The first-order valence-corrected chi connectivity index (χ1v) is 14.2. The number of aliphatic hydroxyl groups excluding tert-OH is 2. The summed E-state index contributed by atoms with van der Waals surface area (Å²) in [6.07, 6.45) is 6.42. The normalized spacial score (nSPS) is 15.2. The van der Waals surface area contributed by atoms with Gasteiger partial charge < -0.3 is 19.8 Å². The molecule has 1 fully saturated rings. The lowest BCUT2D eigenvalue weighted by Crippen LogP contribution is -2.37. The van der Waals surface area contributed by atoms with Crippen molar-refractivity contribution < 1.29 is 19.7 Å². The summed E-state index contributed by atoms with van der Waals surface area (Å²) in [4.78, 5) is 36.9. The van der Waals surface area contributed by atoms with Gasteiger partial charge in [0.1, 0.15) is 27.6 Å². The van der Waals surface area contributed by atoms with Crippen LogP contribution in [0.25, 0.3) is 32.7 Å². The van der Waals surface area contributed by atoms with Gasteiger partial charge in [0, 0.05) is 31.8 Å². The number of nitrogens with zero attached hydrogens (tertiary/aromatic N) is 4. The van der Waals surface area contributed by atoms with Crippen molar-refractivity contribution in [1.29, 1.82) is 0 Å². The number of rotatable bonds is 7. The smallest absolute Gasteiger partial charge is 0.353 e. The maximum absolute atomic E-state index is 13.4. The monoisotopic (exact) mass is 568 g/mol. The van der Waals surface area contributed by atoms with Crippen molar-refractivity contribution in [2.24, 2.45) is 5.92 Å². The Morgan fingerprint density at radius 1 is 1.05 bits per heavy atom. The fourth-order valence-corrected chi connectivity index (χ4v) is 6.30. The first-order valence-electron chi connectivity index (χ1n) is 13.4. The summed E-state index contributed by atoms with van der Waals surface area (Å²) in [5, 5.41) is 20.8. The van der Waals surface area contributed by atoms with Crippen LogP contribution < -0.4 is 15.0 Å². The van der Waals surface area contributed by atoms with Crippen LogP contribution >= 0.6 is 11.3 Å². The van der Waals surface area contributed by atoms with Crippen LogP contribution in [0.5, 0.6) is 11.5 Å². The lowest BCUT2D eigenvalue weighted by atomic mass is 9.92. The summed E-state index contributed by atoms with van der Waals surface area (Å²) in [5.74, 6) is 1.64. The molecule has 10 heteroatoms. The number of piperidine rings is 1. The van der Waals surface area contributed by atoms with E-state index in [1.165, 1.54) is 23.5 Å². The van der Waals surface area contributed by atoms with Gasteiger partial charge in [0.15, 0.2) is 0 Å². The Bertz CT molecular complexity index is 1840. The summed E-state index contributed by atoms with van der Waals surface area (Å²) in [7, 11) is 0. The predicted octanol–water partition coefficient (Wildman–Crippen LogP) is 4.35. The van der Waals surface area contributed by atoms with Crippen LogP contribution in [0.2, 0.25) is 0 Å². The summed E-state index contributed by atoms with van der Waals surface area (Å²) in [6.45, 7) is 1.01. The molecule has 0 atom stereocenters. The lowest BCUT2D eigenvalue weighted by molar-refractivity contribution is -0.127. The van der Waals surface area contributed by atoms with E-state index in [9.17, 15) is 14.7 Å². The average molecular weight is 569 g/mol. The minimum atomic E-state index is -0.447. The fraction of sp³-hybridized carbons (Fsp3) is 0.226. The molecule has 2 aromatic carbocycles. The molecule has 2 N–H and O–H groups in total. The van der Waals surface area contributed by atoms with Gasteiger partial charge in [0.2, 0.25) is 5.91 Å². The highest BCUT2D eigenvalue weighted by Crippen LogP contribution is 2.29. The first-order chi connectivity index (χ1) is 20.0. The van der Waals surface area contributed by atoms with Gasteiger partial charge >= 0.3 is 5.69 Å². The van der Waals surface area contributed by atoms with E-state index in [4.69, 9.17) is 9.84 Å². The Hall–Kier alpha value is -4.54. The minimum Gasteiger partial charge on any atom is -0.511 e. The molecule has 5 aromatic rings. The van der Waals surface area contributed by atoms with E-state index in [0.29, 0.717) is 51.3 Å². The van der Waals surface area contributed by atoms with Crippen LogP contribution in [0.4, 0.5) is 0 Å². The zero-order chi connectivity index (χ0) is 28.3. The molecule has 0 aliphatic carbocycles. The molecule has 1 amide bonds. The molecule has 0 unspecified atom stereocenters. The summed E-state index contributed by atoms with van der Waals surface area (Å²) < 4.78 is 8.00. The topological polar surface area (TPSA) is 118 Å². The number of carbonyl (C=O) groups is 1. The Morgan fingerprint density at radius 3 is 2.51 bits per heavy atom. The molecule has 0 radical (unpaired) electrons. The molecule has 9 nitrogen and oxygen atoms in total.